The maximum absolute atomic E-state index is 12.0. The van der Waals surface area contributed by atoms with Crippen molar-refractivity contribution in [3.8, 4) is 0 Å². The van der Waals surface area contributed by atoms with Gasteiger partial charge in [-0.05, 0) is 0 Å². The number of hydrogen-bond acceptors (Lipinski definition) is 2. The Morgan fingerprint density at radius 3 is 2.60 bits per heavy atom. The van der Waals surface area contributed by atoms with E-state index in [-0.39, 0.29) is 0 Å². The fraction of sp³-hybridized carbons (Fsp3) is 1.00. The molecule has 0 unspecified atom stereocenters. The van der Waals surface area contributed by atoms with Gasteiger partial charge in [-0.2, -0.15) is 0 Å². The van der Waals surface area contributed by atoms with Crippen LogP contribution in [0, 0.1) is 0 Å². The minimum Gasteiger partial charge on any atom is -0.345 e. The summed E-state index contributed by atoms with van der Waals surface area (Å²) in [6, 6.07) is 0. The highest BCUT2D eigenvalue weighted by Gasteiger charge is 2.33. The third kappa shape index (κ3) is 2.53. The lowest BCUT2D eigenvalue weighted by molar-refractivity contribution is -0.108. The summed E-state index contributed by atoms with van der Waals surface area (Å²) in [5.41, 5.74) is 0. The molecular formula is C5H7F3O2. The summed E-state index contributed by atoms with van der Waals surface area (Å²) < 4.78 is 44.2. The second-order valence-corrected chi connectivity index (χ2v) is 2.06. The summed E-state index contributed by atoms with van der Waals surface area (Å²) in [5, 5.41) is 0. The van der Waals surface area contributed by atoms with Crippen LogP contribution in [-0.2, 0) is 9.47 Å². The molecule has 5 heteroatoms. The Morgan fingerprint density at radius 1 is 1.60 bits per heavy atom. The van der Waals surface area contributed by atoms with Crippen LogP contribution in [0.5, 0.6) is 0 Å². The number of alkyl halides is 3. The molecule has 10 heavy (non-hydrogen) atoms. The zero-order valence-corrected chi connectivity index (χ0v) is 5.15. The topological polar surface area (TPSA) is 21.8 Å². The van der Waals surface area contributed by atoms with Crippen LogP contribution >= 0.6 is 0 Å². The molecule has 0 aromatic carbocycles. The highest BCUT2D eigenvalue weighted by Crippen LogP contribution is 2.18. The third-order valence-corrected chi connectivity index (χ3v) is 0.979. The van der Waals surface area contributed by atoms with Gasteiger partial charge in [0, 0.05) is 0 Å². The van der Waals surface area contributed by atoms with Gasteiger partial charge in [0.1, 0.15) is 13.2 Å². The molecule has 0 saturated carbocycles. The van der Waals surface area contributed by atoms with Crippen molar-refractivity contribution in [2.24, 2.45) is 0 Å². The van der Waals surface area contributed by atoms with Crippen molar-refractivity contribution in [2.75, 3.05) is 19.9 Å². The molecule has 1 aliphatic heterocycles. The SMILES string of the molecule is FCC(F)(F)CO[C@H]1CO1. The van der Waals surface area contributed by atoms with E-state index in [4.69, 9.17) is 0 Å². The van der Waals surface area contributed by atoms with Gasteiger partial charge in [-0.1, -0.05) is 0 Å². The van der Waals surface area contributed by atoms with Crippen molar-refractivity contribution in [3.63, 3.8) is 0 Å². The predicted octanol–water partition coefficient (Wildman–Crippen LogP) is 0.964. The molecule has 1 aliphatic rings. The molecule has 60 valence electrons. The molecular weight excluding hydrogens is 149 g/mol. The summed E-state index contributed by atoms with van der Waals surface area (Å²) in [4.78, 5) is 0. The molecule has 2 nitrogen and oxygen atoms in total. The Bertz CT molecular complexity index is 113. The fourth-order valence-electron chi connectivity index (χ4n) is 0.389. The van der Waals surface area contributed by atoms with Gasteiger partial charge in [0.2, 0.25) is 0 Å². The Labute approximate surface area is 55.9 Å². The zero-order valence-electron chi connectivity index (χ0n) is 5.15. The van der Waals surface area contributed by atoms with E-state index >= 15 is 0 Å². The first-order valence-electron chi connectivity index (χ1n) is 2.81. The smallest absolute Gasteiger partial charge is 0.298 e. The van der Waals surface area contributed by atoms with Crippen LogP contribution in [0.2, 0.25) is 0 Å². The number of hydrogen-bond donors (Lipinski definition) is 0. The lowest BCUT2D eigenvalue weighted by Gasteiger charge is -2.10. The van der Waals surface area contributed by atoms with Gasteiger partial charge in [-0.25, -0.2) is 13.2 Å². The lowest BCUT2D eigenvalue weighted by Crippen LogP contribution is -2.26. The minimum absolute atomic E-state index is 0.336. The maximum atomic E-state index is 12.0. The van der Waals surface area contributed by atoms with Gasteiger partial charge in [0.15, 0.2) is 13.0 Å². The van der Waals surface area contributed by atoms with Crippen LogP contribution in [-0.4, -0.2) is 32.1 Å². The van der Waals surface area contributed by atoms with E-state index in [1.807, 2.05) is 0 Å². The van der Waals surface area contributed by atoms with Crippen molar-refractivity contribution < 1.29 is 22.6 Å². The van der Waals surface area contributed by atoms with Crippen LogP contribution in [0.25, 0.3) is 0 Å². The molecule has 1 heterocycles. The zero-order chi connectivity index (χ0) is 7.61. The summed E-state index contributed by atoms with van der Waals surface area (Å²) >= 11 is 0. The number of ether oxygens (including phenoxy) is 2. The molecule has 1 fully saturated rings. The number of rotatable bonds is 4. The summed E-state index contributed by atoms with van der Waals surface area (Å²) in [7, 11) is 0. The Balaban J connectivity index is 2.09. The van der Waals surface area contributed by atoms with Gasteiger partial charge in [-0.15, -0.1) is 0 Å². The summed E-state index contributed by atoms with van der Waals surface area (Å²) in [5.74, 6) is -3.36. The lowest BCUT2D eigenvalue weighted by atomic mass is 10.4. The van der Waals surface area contributed by atoms with Crippen molar-refractivity contribution >= 4 is 0 Å². The van der Waals surface area contributed by atoms with Crippen molar-refractivity contribution in [1.29, 1.82) is 0 Å². The summed E-state index contributed by atoms with van der Waals surface area (Å²) in [6.45, 7) is -2.24. The molecule has 1 atom stereocenters. The maximum Gasteiger partial charge on any atom is 0.298 e. The van der Waals surface area contributed by atoms with E-state index in [0.29, 0.717) is 6.61 Å². The molecule has 0 spiro atoms. The highest BCUT2D eigenvalue weighted by molar-refractivity contribution is 4.65. The van der Waals surface area contributed by atoms with Gasteiger partial charge < -0.3 is 9.47 Å². The van der Waals surface area contributed by atoms with Gasteiger partial charge in [-0.3, -0.25) is 0 Å². The highest BCUT2D eigenvalue weighted by atomic mass is 19.3. The van der Waals surface area contributed by atoms with Crippen molar-refractivity contribution in [1.82, 2.24) is 0 Å². The van der Waals surface area contributed by atoms with E-state index in [9.17, 15) is 13.2 Å². The standard InChI is InChI=1S/C5H7F3O2/c6-2-5(7,8)3-10-4-1-9-4/h4H,1-3H2/t4-/m0/s1. The second kappa shape index (κ2) is 2.75. The van der Waals surface area contributed by atoms with Crippen molar-refractivity contribution in [3.05, 3.63) is 0 Å². The Morgan fingerprint density at radius 2 is 2.20 bits per heavy atom. The normalized spacial score (nSPS) is 24.9. The molecule has 0 aromatic rings. The van der Waals surface area contributed by atoms with Gasteiger partial charge in [0.05, 0.1) is 0 Å². The Kier molecular flexibility index (Phi) is 2.15. The Hall–Kier alpha value is -0.290. The quantitative estimate of drug-likeness (QED) is 0.565. The van der Waals surface area contributed by atoms with Crippen LogP contribution in [0.3, 0.4) is 0 Å². The molecule has 0 N–H and O–H groups in total. The van der Waals surface area contributed by atoms with Gasteiger partial charge >= 0.3 is 0 Å². The van der Waals surface area contributed by atoms with Crippen molar-refractivity contribution in [2.45, 2.75) is 12.2 Å². The largest absolute Gasteiger partial charge is 0.345 e. The number of epoxide rings is 1. The first-order chi connectivity index (χ1) is 4.64. The van der Waals surface area contributed by atoms with E-state index in [2.05, 4.69) is 9.47 Å². The molecule has 1 rings (SSSR count). The fourth-order valence-corrected chi connectivity index (χ4v) is 0.389. The summed E-state index contributed by atoms with van der Waals surface area (Å²) in [6.07, 6.45) is -0.530. The third-order valence-electron chi connectivity index (χ3n) is 0.979. The van der Waals surface area contributed by atoms with Gasteiger partial charge in [0.25, 0.3) is 5.92 Å². The average Bonchev–Trinajstić information content (AvgIpc) is 2.66. The molecule has 0 bridgehead atoms. The second-order valence-electron chi connectivity index (χ2n) is 2.06. The van der Waals surface area contributed by atoms with Crippen LogP contribution in [0.1, 0.15) is 0 Å². The molecule has 0 radical (unpaired) electrons. The van der Waals surface area contributed by atoms with Crippen LogP contribution in [0.15, 0.2) is 0 Å². The average molecular weight is 156 g/mol. The molecule has 0 aliphatic carbocycles. The predicted molar refractivity (Wildman–Crippen MR) is 26.6 cm³/mol. The molecule has 1 saturated heterocycles. The van der Waals surface area contributed by atoms with Crippen LogP contribution < -0.4 is 0 Å². The monoisotopic (exact) mass is 156 g/mol. The number of halogens is 3. The molecule has 0 amide bonds. The van der Waals surface area contributed by atoms with E-state index in [1.165, 1.54) is 0 Å². The van der Waals surface area contributed by atoms with E-state index in [0.717, 1.165) is 0 Å². The van der Waals surface area contributed by atoms with E-state index < -0.39 is 25.5 Å². The minimum atomic E-state index is -3.36. The van der Waals surface area contributed by atoms with Crippen LogP contribution in [0.4, 0.5) is 13.2 Å². The first kappa shape index (κ1) is 7.81. The van der Waals surface area contributed by atoms with E-state index in [1.54, 1.807) is 0 Å². The molecule has 0 aromatic heterocycles. The first-order valence-corrected chi connectivity index (χ1v) is 2.81.